The number of fused-ring (bicyclic) bond motifs is 1. The third-order valence-electron chi connectivity index (χ3n) is 4.74. The van der Waals surface area contributed by atoms with E-state index in [1.54, 1.807) is 0 Å². The molecular weight excluding hydrogens is 262 g/mol. The molecule has 112 valence electrons. The van der Waals surface area contributed by atoms with Crippen molar-refractivity contribution in [2.24, 2.45) is 23.5 Å². The fourth-order valence-corrected chi connectivity index (χ4v) is 3.20. The number of halogens is 1. The highest BCUT2D eigenvalue weighted by Gasteiger charge is 2.41. The molecule has 1 aliphatic carbocycles. The highest BCUT2D eigenvalue weighted by Crippen LogP contribution is 2.36. The van der Waals surface area contributed by atoms with E-state index in [4.69, 9.17) is 5.73 Å². The summed E-state index contributed by atoms with van der Waals surface area (Å²) in [6, 6.07) is 0.611. The quantitative estimate of drug-likeness (QED) is 0.819. The van der Waals surface area contributed by atoms with E-state index >= 15 is 0 Å². The maximum absolute atomic E-state index is 11.9. The Bertz CT molecular complexity index is 311. The van der Waals surface area contributed by atoms with Crippen molar-refractivity contribution in [1.29, 1.82) is 0 Å². The van der Waals surface area contributed by atoms with Crippen molar-refractivity contribution in [2.45, 2.75) is 45.7 Å². The molecule has 2 aliphatic rings. The molecule has 3 N–H and O–H groups in total. The highest BCUT2D eigenvalue weighted by atomic mass is 35.5. The Kier molecular flexibility index (Phi) is 6.09. The van der Waals surface area contributed by atoms with Crippen LogP contribution in [0, 0.1) is 17.8 Å². The minimum Gasteiger partial charge on any atom is -0.352 e. The molecule has 1 heterocycles. The number of hydrogen-bond acceptors (Lipinski definition) is 3. The number of nitrogens with two attached hydrogens (primary N) is 1. The molecule has 0 aromatic rings. The first kappa shape index (κ1) is 16.7. The van der Waals surface area contributed by atoms with Crippen LogP contribution in [0.1, 0.15) is 33.6 Å². The molecule has 1 saturated carbocycles. The van der Waals surface area contributed by atoms with Crippen LogP contribution in [-0.2, 0) is 4.79 Å². The van der Waals surface area contributed by atoms with E-state index in [1.165, 1.54) is 12.8 Å². The van der Waals surface area contributed by atoms with Crippen LogP contribution in [0.3, 0.4) is 0 Å². The molecule has 19 heavy (non-hydrogen) atoms. The molecule has 0 bridgehead atoms. The van der Waals surface area contributed by atoms with E-state index in [2.05, 4.69) is 31.0 Å². The van der Waals surface area contributed by atoms with Gasteiger partial charge in [0.15, 0.2) is 0 Å². The zero-order chi connectivity index (χ0) is 13.3. The molecule has 4 atom stereocenters. The zero-order valence-electron chi connectivity index (χ0n) is 12.3. The molecular formula is C14H28ClN3O. The van der Waals surface area contributed by atoms with E-state index in [0.29, 0.717) is 24.4 Å². The van der Waals surface area contributed by atoms with Crippen LogP contribution >= 0.6 is 12.4 Å². The number of nitrogens with zero attached hydrogens (tertiary/aromatic N) is 1. The molecule has 0 radical (unpaired) electrons. The lowest BCUT2D eigenvalue weighted by Crippen LogP contribution is -2.42. The van der Waals surface area contributed by atoms with Gasteiger partial charge >= 0.3 is 0 Å². The Morgan fingerprint density at radius 1 is 1.32 bits per heavy atom. The van der Waals surface area contributed by atoms with Gasteiger partial charge in [0.2, 0.25) is 5.91 Å². The third kappa shape index (κ3) is 4.07. The summed E-state index contributed by atoms with van der Waals surface area (Å²) >= 11 is 0. The molecule has 5 heteroatoms. The van der Waals surface area contributed by atoms with Gasteiger partial charge in [-0.1, -0.05) is 13.8 Å². The summed E-state index contributed by atoms with van der Waals surface area (Å²) in [5, 5.41) is 3.07. The van der Waals surface area contributed by atoms with E-state index < -0.39 is 0 Å². The Morgan fingerprint density at radius 2 is 2.00 bits per heavy atom. The predicted octanol–water partition coefficient (Wildman–Crippen LogP) is 1.24. The van der Waals surface area contributed by atoms with Crippen molar-refractivity contribution in [3.05, 3.63) is 0 Å². The molecule has 1 saturated heterocycles. The van der Waals surface area contributed by atoms with Gasteiger partial charge in [0.1, 0.15) is 0 Å². The van der Waals surface area contributed by atoms with Crippen molar-refractivity contribution in [2.75, 3.05) is 19.6 Å². The second kappa shape index (κ2) is 6.91. The smallest absolute Gasteiger partial charge is 0.234 e. The second-order valence-electron chi connectivity index (χ2n) is 6.46. The minimum absolute atomic E-state index is 0. The molecule has 0 aromatic carbocycles. The monoisotopic (exact) mass is 289 g/mol. The zero-order valence-corrected chi connectivity index (χ0v) is 13.1. The van der Waals surface area contributed by atoms with Crippen molar-refractivity contribution in [1.82, 2.24) is 10.2 Å². The van der Waals surface area contributed by atoms with Gasteiger partial charge < -0.3 is 11.1 Å². The van der Waals surface area contributed by atoms with Gasteiger partial charge in [-0.3, -0.25) is 9.69 Å². The Balaban J connectivity index is 0.00000180. The lowest BCUT2D eigenvalue weighted by Gasteiger charge is -2.21. The average molecular weight is 290 g/mol. The summed E-state index contributed by atoms with van der Waals surface area (Å²) in [5.74, 6) is 2.00. The van der Waals surface area contributed by atoms with Crippen molar-refractivity contribution >= 4 is 18.3 Å². The standard InChI is InChI=1S/C14H27N3O.ClH/c1-9(2)10(3)16-14(18)8-17-6-11-4-5-13(15)12(11)7-17;/h9-13H,4-8,15H2,1-3H3,(H,16,18);1H. The molecule has 2 rings (SSSR count). The minimum atomic E-state index is 0. The highest BCUT2D eigenvalue weighted by molar-refractivity contribution is 5.85. The third-order valence-corrected chi connectivity index (χ3v) is 4.74. The maximum atomic E-state index is 11.9. The number of carbonyl (C=O) groups is 1. The molecule has 0 aromatic heterocycles. The molecule has 2 fully saturated rings. The topological polar surface area (TPSA) is 58.4 Å². The van der Waals surface area contributed by atoms with E-state index in [-0.39, 0.29) is 24.4 Å². The Hall–Kier alpha value is -0.320. The van der Waals surface area contributed by atoms with Crippen LogP contribution in [0.25, 0.3) is 0 Å². The number of rotatable bonds is 4. The average Bonchev–Trinajstić information content (AvgIpc) is 2.81. The van der Waals surface area contributed by atoms with Crippen LogP contribution in [0.4, 0.5) is 0 Å². The maximum Gasteiger partial charge on any atom is 0.234 e. The summed E-state index contributed by atoms with van der Waals surface area (Å²) in [4.78, 5) is 14.2. The Morgan fingerprint density at radius 3 is 2.58 bits per heavy atom. The lowest BCUT2D eigenvalue weighted by molar-refractivity contribution is -0.123. The van der Waals surface area contributed by atoms with Gasteiger partial charge in [0.25, 0.3) is 0 Å². The van der Waals surface area contributed by atoms with E-state index in [1.807, 2.05) is 0 Å². The summed E-state index contributed by atoms with van der Waals surface area (Å²) in [6.45, 7) is 8.93. The van der Waals surface area contributed by atoms with E-state index in [0.717, 1.165) is 19.0 Å². The van der Waals surface area contributed by atoms with Crippen LogP contribution in [0.2, 0.25) is 0 Å². The number of hydrogen-bond donors (Lipinski definition) is 2. The van der Waals surface area contributed by atoms with Crippen molar-refractivity contribution in [3.63, 3.8) is 0 Å². The van der Waals surface area contributed by atoms with Crippen LogP contribution in [0.5, 0.6) is 0 Å². The number of carbonyl (C=O) groups excluding carboxylic acids is 1. The first-order chi connectivity index (χ1) is 8.47. The summed E-state index contributed by atoms with van der Waals surface area (Å²) in [5.41, 5.74) is 6.11. The first-order valence-electron chi connectivity index (χ1n) is 7.24. The van der Waals surface area contributed by atoms with Crippen LogP contribution in [-0.4, -0.2) is 42.5 Å². The molecule has 4 nitrogen and oxygen atoms in total. The van der Waals surface area contributed by atoms with Gasteiger partial charge in [-0.15, -0.1) is 12.4 Å². The van der Waals surface area contributed by atoms with Gasteiger partial charge in [-0.2, -0.15) is 0 Å². The fourth-order valence-electron chi connectivity index (χ4n) is 3.20. The summed E-state index contributed by atoms with van der Waals surface area (Å²) in [7, 11) is 0. The summed E-state index contributed by atoms with van der Waals surface area (Å²) < 4.78 is 0. The van der Waals surface area contributed by atoms with Gasteiger partial charge in [0.05, 0.1) is 6.54 Å². The molecule has 4 unspecified atom stereocenters. The molecule has 0 spiro atoms. The second-order valence-corrected chi connectivity index (χ2v) is 6.46. The SMILES string of the molecule is CC(C)C(C)NC(=O)CN1CC2CCC(N)C2C1.Cl. The van der Waals surface area contributed by atoms with Crippen molar-refractivity contribution < 1.29 is 4.79 Å². The normalized spacial score (nSPS) is 31.9. The molecule has 1 amide bonds. The van der Waals surface area contributed by atoms with Crippen LogP contribution in [0.15, 0.2) is 0 Å². The first-order valence-corrected chi connectivity index (χ1v) is 7.24. The number of amides is 1. The largest absolute Gasteiger partial charge is 0.352 e. The van der Waals surface area contributed by atoms with Gasteiger partial charge in [-0.25, -0.2) is 0 Å². The van der Waals surface area contributed by atoms with Crippen LogP contribution < -0.4 is 11.1 Å². The predicted molar refractivity (Wildman–Crippen MR) is 80.3 cm³/mol. The molecule has 1 aliphatic heterocycles. The fraction of sp³-hybridized carbons (Fsp3) is 0.929. The van der Waals surface area contributed by atoms with Gasteiger partial charge in [0, 0.05) is 25.2 Å². The van der Waals surface area contributed by atoms with Gasteiger partial charge in [-0.05, 0) is 37.5 Å². The number of nitrogens with one attached hydrogen (secondary N) is 1. The Labute approximate surface area is 122 Å². The lowest BCUT2D eigenvalue weighted by atomic mass is 9.98. The number of likely N-dealkylation sites (tertiary alicyclic amines) is 1. The van der Waals surface area contributed by atoms with E-state index in [9.17, 15) is 4.79 Å². The summed E-state index contributed by atoms with van der Waals surface area (Å²) in [6.07, 6.45) is 2.41. The van der Waals surface area contributed by atoms with Crippen molar-refractivity contribution in [3.8, 4) is 0 Å².